The van der Waals surface area contributed by atoms with Crippen molar-refractivity contribution in [2.75, 3.05) is 6.54 Å². The van der Waals surface area contributed by atoms with Gasteiger partial charge >= 0.3 is 0 Å². The Morgan fingerprint density at radius 1 is 1.12 bits per heavy atom. The van der Waals surface area contributed by atoms with Gasteiger partial charge in [-0.3, -0.25) is 4.90 Å². The lowest BCUT2D eigenvalue weighted by molar-refractivity contribution is 0.243. The Bertz CT molecular complexity index is 852. The summed E-state index contributed by atoms with van der Waals surface area (Å²) in [7, 11) is 0. The first kappa shape index (κ1) is 15.5. The van der Waals surface area contributed by atoms with Crippen LogP contribution in [0.4, 0.5) is 0 Å². The van der Waals surface area contributed by atoms with Crippen molar-refractivity contribution in [1.82, 2.24) is 14.9 Å². The van der Waals surface area contributed by atoms with Gasteiger partial charge in [-0.05, 0) is 42.8 Å². The zero-order chi connectivity index (χ0) is 16.5. The predicted octanol–water partition coefficient (Wildman–Crippen LogP) is 4.38. The molecule has 0 aliphatic carbocycles. The van der Waals surface area contributed by atoms with Crippen LogP contribution in [0.1, 0.15) is 27.3 Å². The second kappa shape index (κ2) is 6.46. The third-order valence-electron chi connectivity index (χ3n) is 4.50. The molecular weight excluding hydrogens is 314 g/mol. The van der Waals surface area contributed by atoms with E-state index in [1.165, 1.54) is 27.3 Å². The van der Waals surface area contributed by atoms with Gasteiger partial charge in [0.2, 0.25) is 0 Å². The molecule has 2 aromatic heterocycles. The highest BCUT2D eigenvalue weighted by Gasteiger charge is 2.19. The van der Waals surface area contributed by atoms with E-state index >= 15 is 0 Å². The summed E-state index contributed by atoms with van der Waals surface area (Å²) in [6.45, 7) is 7.26. The third kappa shape index (κ3) is 3.25. The van der Waals surface area contributed by atoms with Crippen molar-refractivity contribution >= 4 is 11.3 Å². The topological polar surface area (TPSA) is 29.0 Å². The summed E-state index contributed by atoms with van der Waals surface area (Å²) >= 11 is 1.85. The largest absolute Gasteiger partial charge is 0.292 e. The molecule has 3 heterocycles. The minimum atomic E-state index is 0.836. The second-order valence-corrected chi connectivity index (χ2v) is 7.58. The number of aryl methyl sites for hydroxylation is 2. The van der Waals surface area contributed by atoms with E-state index in [0.717, 1.165) is 37.4 Å². The van der Waals surface area contributed by atoms with Crippen molar-refractivity contribution in [2.24, 2.45) is 0 Å². The number of hydrogen-bond acceptors (Lipinski definition) is 4. The molecule has 1 aromatic carbocycles. The average Bonchev–Trinajstić information content (AvgIpc) is 3.00. The molecule has 0 amide bonds. The monoisotopic (exact) mass is 335 g/mol. The van der Waals surface area contributed by atoms with Crippen LogP contribution in [0.2, 0.25) is 0 Å². The number of aromatic nitrogens is 2. The van der Waals surface area contributed by atoms with Crippen molar-refractivity contribution < 1.29 is 0 Å². The summed E-state index contributed by atoms with van der Waals surface area (Å²) in [5.74, 6) is 0.836. The van der Waals surface area contributed by atoms with Crippen LogP contribution < -0.4 is 0 Å². The molecule has 3 aromatic rings. The fourth-order valence-electron chi connectivity index (χ4n) is 3.13. The van der Waals surface area contributed by atoms with Gasteiger partial charge in [-0.2, -0.15) is 0 Å². The van der Waals surface area contributed by atoms with Crippen molar-refractivity contribution in [3.63, 3.8) is 0 Å². The molecule has 0 N–H and O–H groups in total. The number of nitrogens with zero attached hydrogens (tertiary/aromatic N) is 3. The Labute approximate surface area is 147 Å². The molecule has 1 aliphatic heterocycles. The normalized spacial score (nSPS) is 14.6. The molecule has 0 atom stereocenters. The van der Waals surface area contributed by atoms with Gasteiger partial charge in [0, 0.05) is 36.3 Å². The van der Waals surface area contributed by atoms with E-state index in [-0.39, 0.29) is 0 Å². The van der Waals surface area contributed by atoms with Gasteiger partial charge in [-0.15, -0.1) is 11.3 Å². The summed E-state index contributed by atoms with van der Waals surface area (Å²) in [6, 6.07) is 10.7. The molecule has 3 nitrogen and oxygen atoms in total. The predicted molar refractivity (Wildman–Crippen MR) is 99.1 cm³/mol. The molecule has 0 radical (unpaired) electrons. The number of benzene rings is 1. The molecule has 0 fully saturated rings. The van der Waals surface area contributed by atoms with Crippen molar-refractivity contribution in [1.29, 1.82) is 0 Å². The van der Waals surface area contributed by atoms with E-state index < -0.39 is 0 Å². The fourth-order valence-corrected chi connectivity index (χ4v) is 4.04. The van der Waals surface area contributed by atoms with Crippen molar-refractivity contribution in [3.05, 3.63) is 69.2 Å². The highest BCUT2D eigenvalue weighted by atomic mass is 32.1. The van der Waals surface area contributed by atoms with Gasteiger partial charge in [-0.25, -0.2) is 9.97 Å². The SMILES string of the molecule is Cc1ccc(-c2ncc3c(n2)CN(Cc2cc(C)cs2)CC3)cc1. The minimum absolute atomic E-state index is 0.836. The number of hydrogen-bond donors (Lipinski definition) is 0. The third-order valence-corrected chi connectivity index (χ3v) is 5.54. The van der Waals surface area contributed by atoms with Crippen LogP contribution >= 0.6 is 11.3 Å². The highest BCUT2D eigenvalue weighted by Crippen LogP contribution is 2.24. The first-order chi connectivity index (χ1) is 11.7. The summed E-state index contributed by atoms with van der Waals surface area (Å²) < 4.78 is 0. The lowest BCUT2D eigenvalue weighted by atomic mass is 10.1. The Morgan fingerprint density at radius 2 is 1.96 bits per heavy atom. The van der Waals surface area contributed by atoms with Crippen LogP contribution in [0.3, 0.4) is 0 Å². The van der Waals surface area contributed by atoms with Crippen LogP contribution in [-0.2, 0) is 19.5 Å². The molecule has 0 spiro atoms. The molecule has 0 saturated heterocycles. The van der Waals surface area contributed by atoms with E-state index in [1.54, 1.807) is 0 Å². The van der Waals surface area contributed by atoms with Gasteiger partial charge < -0.3 is 0 Å². The molecular formula is C20H21N3S. The quantitative estimate of drug-likeness (QED) is 0.711. The smallest absolute Gasteiger partial charge is 0.159 e. The Morgan fingerprint density at radius 3 is 2.71 bits per heavy atom. The van der Waals surface area contributed by atoms with Crippen LogP contribution in [0, 0.1) is 13.8 Å². The maximum atomic E-state index is 4.86. The average molecular weight is 335 g/mol. The lowest BCUT2D eigenvalue weighted by Gasteiger charge is -2.27. The maximum Gasteiger partial charge on any atom is 0.159 e. The zero-order valence-corrected chi connectivity index (χ0v) is 14.9. The molecule has 122 valence electrons. The Hall–Kier alpha value is -2.04. The fraction of sp³-hybridized carbons (Fsp3) is 0.300. The summed E-state index contributed by atoms with van der Waals surface area (Å²) in [5, 5.41) is 2.23. The van der Waals surface area contributed by atoms with Gasteiger partial charge in [-0.1, -0.05) is 29.8 Å². The molecule has 4 rings (SSSR count). The number of thiophene rings is 1. The molecule has 4 heteroatoms. The maximum absolute atomic E-state index is 4.86. The van der Waals surface area contributed by atoms with Crippen LogP contribution in [0.15, 0.2) is 41.9 Å². The van der Waals surface area contributed by atoms with Gasteiger partial charge in [0.25, 0.3) is 0 Å². The second-order valence-electron chi connectivity index (χ2n) is 6.58. The standard InChI is InChI=1S/C20H21N3S/c1-14-3-5-16(6-4-14)20-21-10-17-7-8-23(12-19(17)22-20)11-18-9-15(2)13-24-18/h3-6,9-10,13H,7-8,11-12H2,1-2H3. The van der Waals surface area contributed by atoms with E-state index in [2.05, 4.69) is 59.4 Å². The molecule has 0 bridgehead atoms. The van der Waals surface area contributed by atoms with Gasteiger partial charge in [0.1, 0.15) is 0 Å². The van der Waals surface area contributed by atoms with Crippen LogP contribution in [-0.4, -0.2) is 21.4 Å². The Kier molecular flexibility index (Phi) is 4.17. The van der Waals surface area contributed by atoms with E-state index in [4.69, 9.17) is 4.98 Å². The molecule has 0 unspecified atom stereocenters. The van der Waals surface area contributed by atoms with Gasteiger partial charge in [0.05, 0.1) is 5.69 Å². The van der Waals surface area contributed by atoms with Crippen molar-refractivity contribution in [2.45, 2.75) is 33.4 Å². The van der Waals surface area contributed by atoms with Crippen LogP contribution in [0.25, 0.3) is 11.4 Å². The molecule has 1 aliphatic rings. The summed E-state index contributed by atoms with van der Waals surface area (Å²) in [4.78, 5) is 13.4. The summed E-state index contributed by atoms with van der Waals surface area (Å²) in [6.07, 6.45) is 3.05. The lowest BCUT2D eigenvalue weighted by Crippen LogP contribution is -2.30. The Balaban J connectivity index is 1.55. The molecule has 0 saturated carbocycles. The van der Waals surface area contributed by atoms with E-state index in [9.17, 15) is 0 Å². The van der Waals surface area contributed by atoms with E-state index in [0.29, 0.717) is 0 Å². The summed E-state index contributed by atoms with van der Waals surface area (Å²) in [5.41, 5.74) is 6.18. The number of fused-ring (bicyclic) bond motifs is 1. The van der Waals surface area contributed by atoms with Crippen LogP contribution in [0.5, 0.6) is 0 Å². The first-order valence-electron chi connectivity index (χ1n) is 8.35. The zero-order valence-electron chi connectivity index (χ0n) is 14.1. The highest BCUT2D eigenvalue weighted by molar-refractivity contribution is 7.10. The van der Waals surface area contributed by atoms with Crippen molar-refractivity contribution in [3.8, 4) is 11.4 Å². The first-order valence-corrected chi connectivity index (χ1v) is 9.23. The number of rotatable bonds is 3. The van der Waals surface area contributed by atoms with Gasteiger partial charge in [0.15, 0.2) is 5.82 Å². The molecule has 24 heavy (non-hydrogen) atoms. The van der Waals surface area contributed by atoms with E-state index in [1.807, 2.05) is 17.5 Å². The minimum Gasteiger partial charge on any atom is -0.292 e.